The van der Waals surface area contributed by atoms with E-state index in [1.54, 1.807) is 7.05 Å². The molecule has 1 aliphatic heterocycles. The Labute approximate surface area is 134 Å². The largest absolute Gasteiger partial charge is 0.315 e. The summed E-state index contributed by atoms with van der Waals surface area (Å²) in [6, 6.07) is 2.67. The maximum absolute atomic E-state index is 12.7. The molecule has 0 radical (unpaired) electrons. The molecule has 1 fully saturated rings. The highest BCUT2D eigenvalue weighted by Crippen LogP contribution is 2.35. The molecule has 1 atom stereocenters. The van der Waals surface area contributed by atoms with Crippen molar-refractivity contribution in [3.63, 3.8) is 0 Å². The maximum atomic E-state index is 12.7. The second-order valence-corrected chi connectivity index (χ2v) is 7.91. The van der Waals surface area contributed by atoms with Crippen molar-refractivity contribution in [1.29, 1.82) is 0 Å². The minimum absolute atomic E-state index is 0.0399. The number of hydrogen-bond donors (Lipinski definition) is 1. The fraction of sp³-hybridized carbons (Fsp3) is 0.500. The number of likely N-dealkylation sites (N-methyl/N-ethyl adjacent to an activating group) is 1. The third-order valence-electron chi connectivity index (χ3n) is 3.39. The Balaban J connectivity index is 2.39. The fourth-order valence-corrected chi connectivity index (χ4v) is 5.13. The fourth-order valence-electron chi connectivity index (χ4n) is 2.26. The molecule has 1 N–H and O–H groups in total. The molecule has 0 aliphatic carbocycles. The van der Waals surface area contributed by atoms with Crippen LogP contribution in [0.3, 0.4) is 0 Å². The van der Waals surface area contributed by atoms with Crippen molar-refractivity contribution in [1.82, 2.24) is 9.62 Å². The van der Waals surface area contributed by atoms with Gasteiger partial charge in [-0.05, 0) is 31.5 Å². The smallest absolute Gasteiger partial charge is 0.246 e. The van der Waals surface area contributed by atoms with Crippen LogP contribution in [0.4, 0.5) is 0 Å². The third-order valence-corrected chi connectivity index (χ3v) is 6.44. The molecule has 4 nitrogen and oxygen atoms in total. The van der Waals surface area contributed by atoms with Crippen LogP contribution in [0.1, 0.15) is 12.8 Å². The summed E-state index contributed by atoms with van der Waals surface area (Å²) < 4.78 is 26.7. The topological polar surface area (TPSA) is 49.4 Å². The van der Waals surface area contributed by atoms with Crippen LogP contribution in [0.25, 0.3) is 0 Å². The van der Waals surface area contributed by atoms with E-state index >= 15 is 0 Å². The van der Waals surface area contributed by atoms with Crippen molar-refractivity contribution >= 4 is 44.8 Å². The maximum Gasteiger partial charge on any atom is 0.246 e. The molecule has 1 saturated heterocycles. The van der Waals surface area contributed by atoms with E-state index in [0.29, 0.717) is 11.6 Å². The van der Waals surface area contributed by atoms with Gasteiger partial charge in [0.2, 0.25) is 10.0 Å². The van der Waals surface area contributed by atoms with E-state index in [2.05, 4.69) is 5.32 Å². The standard InChI is InChI=1S/C12H15Cl3N2O2S/c1-17(9-3-2-4-16-7-9)20(18,19)12-10(14)5-8(13)6-11(12)15/h5-6,9,16H,2-4,7H2,1H3. The number of piperidine rings is 1. The SMILES string of the molecule is CN(C1CCCNC1)S(=O)(=O)c1c(Cl)cc(Cl)cc1Cl. The highest BCUT2D eigenvalue weighted by Gasteiger charge is 2.32. The van der Waals surface area contributed by atoms with Crippen LogP contribution in [-0.4, -0.2) is 38.9 Å². The first kappa shape index (κ1) is 16.3. The number of nitrogens with one attached hydrogen (secondary N) is 1. The van der Waals surface area contributed by atoms with Gasteiger partial charge in [0.15, 0.2) is 0 Å². The van der Waals surface area contributed by atoms with Gasteiger partial charge in [-0.25, -0.2) is 8.42 Å². The van der Waals surface area contributed by atoms with Gasteiger partial charge in [0.05, 0.1) is 10.0 Å². The predicted octanol–water partition coefficient (Wildman–Crippen LogP) is 3.02. The Morgan fingerprint density at radius 2 is 1.85 bits per heavy atom. The molecule has 0 bridgehead atoms. The first-order valence-corrected chi connectivity index (χ1v) is 8.74. The van der Waals surface area contributed by atoms with E-state index in [0.717, 1.165) is 19.4 Å². The number of benzene rings is 1. The minimum Gasteiger partial charge on any atom is -0.315 e. The van der Waals surface area contributed by atoms with Gasteiger partial charge in [-0.15, -0.1) is 0 Å². The summed E-state index contributed by atoms with van der Waals surface area (Å²) >= 11 is 17.8. The summed E-state index contributed by atoms with van der Waals surface area (Å²) in [5.41, 5.74) is 0. The molecule has 1 aromatic carbocycles. The molecule has 2 rings (SSSR count). The molecule has 0 aromatic heterocycles. The zero-order chi connectivity index (χ0) is 14.9. The number of hydrogen-bond acceptors (Lipinski definition) is 3. The van der Waals surface area contributed by atoms with Crippen molar-refractivity contribution in [2.24, 2.45) is 0 Å². The molecule has 0 amide bonds. The van der Waals surface area contributed by atoms with Gasteiger partial charge in [0, 0.05) is 24.7 Å². The number of sulfonamides is 1. The molecule has 112 valence electrons. The second-order valence-electron chi connectivity index (χ2n) is 4.72. The Bertz CT molecular complexity index is 578. The van der Waals surface area contributed by atoms with Gasteiger partial charge in [0.25, 0.3) is 0 Å². The zero-order valence-electron chi connectivity index (χ0n) is 10.9. The van der Waals surface area contributed by atoms with E-state index < -0.39 is 10.0 Å². The van der Waals surface area contributed by atoms with Gasteiger partial charge < -0.3 is 5.32 Å². The first-order valence-electron chi connectivity index (χ1n) is 6.17. The Hall–Kier alpha value is -0.0400. The van der Waals surface area contributed by atoms with Crippen LogP contribution in [0.2, 0.25) is 15.1 Å². The van der Waals surface area contributed by atoms with Crippen LogP contribution < -0.4 is 5.32 Å². The molecule has 1 unspecified atom stereocenters. The average molecular weight is 358 g/mol. The van der Waals surface area contributed by atoms with Crippen LogP contribution >= 0.6 is 34.8 Å². The number of nitrogens with zero attached hydrogens (tertiary/aromatic N) is 1. The summed E-state index contributed by atoms with van der Waals surface area (Å²) in [7, 11) is -2.20. The van der Waals surface area contributed by atoms with Crippen LogP contribution in [0.5, 0.6) is 0 Å². The summed E-state index contributed by atoms with van der Waals surface area (Å²) in [4.78, 5) is -0.0849. The van der Waals surface area contributed by atoms with E-state index in [1.807, 2.05) is 0 Å². The Morgan fingerprint density at radius 3 is 2.35 bits per heavy atom. The molecule has 0 spiro atoms. The van der Waals surface area contributed by atoms with Crippen molar-refractivity contribution in [2.45, 2.75) is 23.8 Å². The van der Waals surface area contributed by atoms with Gasteiger partial charge in [-0.2, -0.15) is 4.31 Å². The van der Waals surface area contributed by atoms with Crippen molar-refractivity contribution in [3.05, 3.63) is 27.2 Å². The predicted molar refractivity (Wildman–Crippen MR) is 82.3 cm³/mol. The van der Waals surface area contributed by atoms with Crippen molar-refractivity contribution < 1.29 is 8.42 Å². The monoisotopic (exact) mass is 356 g/mol. The summed E-state index contributed by atoms with van der Waals surface area (Å²) in [5, 5.41) is 3.57. The summed E-state index contributed by atoms with van der Waals surface area (Å²) in [6.45, 7) is 1.53. The van der Waals surface area contributed by atoms with E-state index in [1.165, 1.54) is 16.4 Å². The van der Waals surface area contributed by atoms with Gasteiger partial charge in [-0.3, -0.25) is 0 Å². The summed E-state index contributed by atoms with van der Waals surface area (Å²) in [6.07, 6.45) is 1.75. The Morgan fingerprint density at radius 1 is 1.25 bits per heavy atom. The normalized spacial score (nSPS) is 20.4. The van der Waals surface area contributed by atoms with E-state index in [4.69, 9.17) is 34.8 Å². The molecule has 20 heavy (non-hydrogen) atoms. The Kier molecular flexibility index (Phi) is 5.21. The average Bonchev–Trinajstić information content (AvgIpc) is 2.37. The van der Waals surface area contributed by atoms with Gasteiger partial charge in [-0.1, -0.05) is 34.8 Å². The molecule has 1 heterocycles. The molecule has 1 aliphatic rings. The van der Waals surface area contributed by atoms with Crippen LogP contribution in [0.15, 0.2) is 17.0 Å². The third kappa shape index (κ3) is 3.24. The molecule has 8 heteroatoms. The van der Waals surface area contributed by atoms with E-state index in [-0.39, 0.29) is 21.0 Å². The lowest BCUT2D eigenvalue weighted by Crippen LogP contribution is -2.46. The molecule has 0 saturated carbocycles. The minimum atomic E-state index is -3.75. The van der Waals surface area contributed by atoms with Crippen LogP contribution in [0, 0.1) is 0 Å². The van der Waals surface area contributed by atoms with E-state index in [9.17, 15) is 8.42 Å². The van der Waals surface area contributed by atoms with Crippen molar-refractivity contribution in [3.8, 4) is 0 Å². The number of rotatable bonds is 3. The molecule has 1 aromatic rings. The first-order chi connectivity index (χ1) is 9.34. The highest BCUT2D eigenvalue weighted by molar-refractivity contribution is 7.89. The lowest BCUT2D eigenvalue weighted by molar-refractivity contribution is 0.300. The highest BCUT2D eigenvalue weighted by atomic mass is 35.5. The second kappa shape index (κ2) is 6.38. The zero-order valence-corrected chi connectivity index (χ0v) is 14.0. The van der Waals surface area contributed by atoms with Crippen LogP contribution in [-0.2, 0) is 10.0 Å². The molecular formula is C12H15Cl3N2O2S. The van der Waals surface area contributed by atoms with Gasteiger partial charge in [0.1, 0.15) is 4.90 Å². The molecular weight excluding hydrogens is 343 g/mol. The quantitative estimate of drug-likeness (QED) is 0.904. The van der Waals surface area contributed by atoms with Crippen molar-refractivity contribution in [2.75, 3.05) is 20.1 Å². The summed E-state index contributed by atoms with van der Waals surface area (Å²) in [5.74, 6) is 0. The lowest BCUT2D eigenvalue weighted by Gasteiger charge is -2.31. The number of halogens is 3. The lowest BCUT2D eigenvalue weighted by atomic mass is 10.1. The van der Waals surface area contributed by atoms with Gasteiger partial charge >= 0.3 is 0 Å².